The zero-order valence-corrected chi connectivity index (χ0v) is 16.3. The van der Waals surface area contributed by atoms with E-state index in [-0.39, 0.29) is 5.91 Å². The van der Waals surface area contributed by atoms with Crippen LogP contribution in [0.5, 0.6) is 17.2 Å². The molecular formula is C23H19N3O4. The van der Waals surface area contributed by atoms with Crippen LogP contribution in [0.2, 0.25) is 0 Å². The maximum absolute atomic E-state index is 12.6. The van der Waals surface area contributed by atoms with Crippen molar-refractivity contribution in [2.45, 2.75) is 0 Å². The van der Waals surface area contributed by atoms with E-state index in [1.807, 2.05) is 47.1 Å². The molecule has 7 heteroatoms. The second-order valence-corrected chi connectivity index (χ2v) is 6.85. The Hall–Kier alpha value is -4.00. The zero-order valence-electron chi connectivity index (χ0n) is 16.3. The lowest BCUT2D eigenvalue weighted by molar-refractivity contribution is 0.102. The lowest BCUT2D eigenvalue weighted by atomic mass is 10.1. The van der Waals surface area contributed by atoms with Gasteiger partial charge in [-0.15, -0.1) is 0 Å². The Labute approximate surface area is 172 Å². The average molecular weight is 401 g/mol. The average Bonchev–Trinajstić information content (AvgIpc) is 3.22. The Kier molecular flexibility index (Phi) is 4.48. The van der Waals surface area contributed by atoms with Crippen LogP contribution in [-0.4, -0.2) is 35.6 Å². The number of carbonyl (C=O) groups is 1. The standard InChI is InChI=1S/C23H19N3O4/c1-28-18-4-2-3-16(11-18)23(27)24-17-6-8-22-25-19(14-26(22)13-17)15-5-7-20-21(12-15)30-10-9-29-20/h2-8,11-14H,9-10H2,1H3,(H,24,27). The number of imidazole rings is 1. The molecule has 2 aromatic heterocycles. The van der Waals surface area contributed by atoms with Gasteiger partial charge in [0.05, 0.1) is 18.5 Å². The van der Waals surface area contributed by atoms with Crippen LogP contribution in [0.4, 0.5) is 5.69 Å². The van der Waals surface area contributed by atoms with Gasteiger partial charge in [-0.1, -0.05) is 6.07 Å². The first kappa shape index (κ1) is 18.1. The number of fused-ring (bicyclic) bond motifs is 2. The van der Waals surface area contributed by atoms with E-state index in [4.69, 9.17) is 14.2 Å². The summed E-state index contributed by atoms with van der Waals surface area (Å²) < 4.78 is 18.3. The van der Waals surface area contributed by atoms with Crippen molar-refractivity contribution in [3.8, 4) is 28.5 Å². The molecule has 30 heavy (non-hydrogen) atoms. The van der Waals surface area contributed by atoms with Crippen molar-refractivity contribution in [2.24, 2.45) is 0 Å². The van der Waals surface area contributed by atoms with Crippen LogP contribution in [-0.2, 0) is 0 Å². The van der Waals surface area contributed by atoms with Crippen molar-refractivity contribution >= 4 is 17.2 Å². The molecule has 150 valence electrons. The van der Waals surface area contributed by atoms with E-state index in [0.717, 1.165) is 28.4 Å². The number of benzene rings is 2. The number of ether oxygens (including phenoxy) is 3. The summed E-state index contributed by atoms with van der Waals surface area (Å²) in [5, 5.41) is 2.91. The van der Waals surface area contributed by atoms with Gasteiger partial charge >= 0.3 is 0 Å². The van der Waals surface area contributed by atoms with Crippen LogP contribution in [0.1, 0.15) is 10.4 Å². The summed E-state index contributed by atoms with van der Waals surface area (Å²) in [7, 11) is 1.57. The molecule has 0 atom stereocenters. The first-order chi connectivity index (χ1) is 14.7. The smallest absolute Gasteiger partial charge is 0.255 e. The van der Waals surface area contributed by atoms with Crippen molar-refractivity contribution in [1.29, 1.82) is 0 Å². The fraction of sp³-hybridized carbons (Fsp3) is 0.130. The fourth-order valence-electron chi connectivity index (χ4n) is 3.38. The highest BCUT2D eigenvalue weighted by Gasteiger charge is 2.14. The number of anilines is 1. The number of methoxy groups -OCH3 is 1. The van der Waals surface area contributed by atoms with Crippen molar-refractivity contribution < 1.29 is 19.0 Å². The number of nitrogens with zero attached hydrogens (tertiary/aromatic N) is 2. The van der Waals surface area contributed by atoms with E-state index in [1.54, 1.807) is 31.4 Å². The van der Waals surface area contributed by atoms with Crippen molar-refractivity contribution in [2.75, 3.05) is 25.6 Å². The van der Waals surface area contributed by atoms with Gasteiger partial charge in [0, 0.05) is 23.5 Å². The summed E-state index contributed by atoms with van der Waals surface area (Å²) in [6.45, 7) is 1.10. The zero-order chi connectivity index (χ0) is 20.5. The number of pyridine rings is 1. The second kappa shape index (κ2) is 7.44. The van der Waals surface area contributed by atoms with E-state index in [1.165, 1.54) is 0 Å². The van der Waals surface area contributed by atoms with Gasteiger partial charge in [0.2, 0.25) is 0 Å². The van der Waals surface area contributed by atoms with Crippen LogP contribution in [0.25, 0.3) is 16.9 Å². The van der Waals surface area contributed by atoms with Crippen LogP contribution < -0.4 is 19.5 Å². The summed E-state index contributed by atoms with van der Waals surface area (Å²) in [4.78, 5) is 17.2. The lowest BCUT2D eigenvalue weighted by Gasteiger charge is -2.18. The third kappa shape index (κ3) is 3.41. The molecule has 1 aliphatic heterocycles. The van der Waals surface area contributed by atoms with Crippen LogP contribution in [0.3, 0.4) is 0 Å². The van der Waals surface area contributed by atoms with Crippen LogP contribution >= 0.6 is 0 Å². The minimum absolute atomic E-state index is 0.208. The molecule has 7 nitrogen and oxygen atoms in total. The van der Waals surface area contributed by atoms with Gasteiger partial charge in [-0.2, -0.15) is 0 Å². The first-order valence-electron chi connectivity index (χ1n) is 9.54. The molecule has 0 saturated carbocycles. The fourth-order valence-corrected chi connectivity index (χ4v) is 3.38. The summed E-state index contributed by atoms with van der Waals surface area (Å²) in [5.41, 5.74) is 3.71. The highest BCUT2D eigenvalue weighted by molar-refractivity contribution is 6.04. The predicted octanol–water partition coefficient (Wildman–Crippen LogP) is 4.03. The molecule has 0 spiro atoms. The highest BCUT2D eigenvalue weighted by atomic mass is 16.6. The molecule has 0 bridgehead atoms. The van der Waals surface area contributed by atoms with Crippen LogP contribution in [0.15, 0.2) is 67.0 Å². The molecule has 5 rings (SSSR count). The summed E-state index contributed by atoms with van der Waals surface area (Å²) in [6.07, 6.45) is 3.75. The minimum Gasteiger partial charge on any atom is -0.497 e. The highest BCUT2D eigenvalue weighted by Crippen LogP contribution is 2.34. The molecule has 1 N–H and O–H groups in total. The second-order valence-electron chi connectivity index (χ2n) is 6.85. The van der Waals surface area contributed by atoms with Gasteiger partial charge in [0.25, 0.3) is 5.91 Å². The normalized spacial score (nSPS) is 12.6. The maximum atomic E-state index is 12.6. The molecule has 1 amide bonds. The summed E-state index contributed by atoms with van der Waals surface area (Å²) in [6, 6.07) is 16.5. The van der Waals surface area contributed by atoms with Gasteiger partial charge in [0.1, 0.15) is 24.6 Å². The quantitative estimate of drug-likeness (QED) is 0.559. The third-order valence-electron chi connectivity index (χ3n) is 4.88. The van der Waals surface area contributed by atoms with Crippen LogP contribution in [0, 0.1) is 0 Å². The Morgan fingerprint density at radius 3 is 2.77 bits per heavy atom. The van der Waals surface area contributed by atoms with Gasteiger partial charge < -0.3 is 23.9 Å². The number of carbonyl (C=O) groups excluding carboxylic acids is 1. The molecule has 0 radical (unpaired) electrons. The molecule has 4 aromatic rings. The largest absolute Gasteiger partial charge is 0.497 e. The molecule has 3 heterocycles. The predicted molar refractivity (Wildman–Crippen MR) is 113 cm³/mol. The summed E-state index contributed by atoms with van der Waals surface area (Å²) in [5.74, 6) is 1.90. The molecule has 0 fully saturated rings. The van der Waals surface area contributed by atoms with Gasteiger partial charge in [-0.25, -0.2) is 4.98 Å². The Morgan fingerprint density at radius 1 is 1.03 bits per heavy atom. The van der Waals surface area contributed by atoms with Crippen molar-refractivity contribution in [3.05, 3.63) is 72.6 Å². The topological polar surface area (TPSA) is 74.1 Å². The first-order valence-corrected chi connectivity index (χ1v) is 9.54. The maximum Gasteiger partial charge on any atom is 0.255 e. The monoisotopic (exact) mass is 401 g/mol. The molecule has 0 unspecified atom stereocenters. The van der Waals surface area contributed by atoms with E-state index < -0.39 is 0 Å². The SMILES string of the molecule is COc1cccc(C(=O)Nc2ccc3nc(-c4ccc5c(c4)OCCO5)cn3c2)c1. The Bertz CT molecular complexity index is 1250. The number of nitrogens with one attached hydrogen (secondary N) is 1. The van der Waals surface area contributed by atoms with Gasteiger partial charge in [0.15, 0.2) is 11.5 Å². The molecule has 1 aliphatic rings. The number of aromatic nitrogens is 2. The molecule has 2 aromatic carbocycles. The Balaban J connectivity index is 1.40. The minimum atomic E-state index is -0.208. The van der Waals surface area contributed by atoms with Gasteiger partial charge in [-0.05, 0) is 48.5 Å². The number of hydrogen-bond acceptors (Lipinski definition) is 5. The van der Waals surface area contributed by atoms with Crippen molar-refractivity contribution in [3.63, 3.8) is 0 Å². The third-order valence-corrected chi connectivity index (χ3v) is 4.88. The number of rotatable bonds is 4. The Morgan fingerprint density at radius 2 is 1.90 bits per heavy atom. The molecular weight excluding hydrogens is 382 g/mol. The molecule has 0 aliphatic carbocycles. The number of hydrogen-bond donors (Lipinski definition) is 1. The summed E-state index contributed by atoms with van der Waals surface area (Å²) >= 11 is 0. The molecule has 0 saturated heterocycles. The van der Waals surface area contributed by atoms with E-state index in [2.05, 4.69) is 10.3 Å². The lowest BCUT2D eigenvalue weighted by Crippen LogP contribution is -2.15. The van der Waals surface area contributed by atoms with E-state index >= 15 is 0 Å². The van der Waals surface area contributed by atoms with Crippen molar-refractivity contribution in [1.82, 2.24) is 9.38 Å². The number of amides is 1. The van der Waals surface area contributed by atoms with Gasteiger partial charge in [-0.3, -0.25) is 4.79 Å². The van der Waals surface area contributed by atoms with E-state index in [0.29, 0.717) is 30.2 Å². The van der Waals surface area contributed by atoms with E-state index in [9.17, 15) is 4.79 Å².